The summed E-state index contributed by atoms with van der Waals surface area (Å²) in [6.07, 6.45) is 22.4. The summed E-state index contributed by atoms with van der Waals surface area (Å²) in [5.41, 5.74) is 0. The number of unbranched alkanes of at least 4 members (excludes halogenated alkanes) is 13. The van der Waals surface area contributed by atoms with Crippen LogP contribution < -0.4 is 0 Å². The van der Waals surface area contributed by atoms with Crippen molar-refractivity contribution >= 4 is 0 Å². The van der Waals surface area contributed by atoms with Crippen LogP contribution in [-0.2, 0) is 0 Å². The molecule has 2 nitrogen and oxygen atoms in total. The first kappa shape index (κ1) is 22.7. The van der Waals surface area contributed by atoms with E-state index in [1.807, 2.05) is 13.0 Å². The minimum absolute atomic E-state index is 0.0459. The maximum atomic E-state index is 9.67. The van der Waals surface area contributed by atoms with Crippen molar-refractivity contribution in [3.8, 4) is 0 Å². The van der Waals surface area contributed by atoms with E-state index in [-0.39, 0.29) is 12.5 Å². The van der Waals surface area contributed by atoms with Gasteiger partial charge in [-0.15, -0.1) is 0 Å². The molecule has 0 saturated heterocycles. The van der Waals surface area contributed by atoms with Gasteiger partial charge in [0, 0.05) is 12.5 Å². The zero-order valence-corrected chi connectivity index (χ0v) is 15.8. The Morgan fingerprint density at radius 1 is 0.739 bits per heavy atom. The van der Waals surface area contributed by atoms with Crippen LogP contribution in [0, 0.1) is 5.92 Å². The Balaban J connectivity index is 3.17. The van der Waals surface area contributed by atoms with E-state index in [0.29, 0.717) is 0 Å². The summed E-state index contributed by atoms with van der Waals surface area (Å²) in [6, 6.07) is 0. The van der Waals surface area contributed by atoms with E-state index in [4.69, 9.17) is 5.11 Å². The van der Waals surface area contributed by atoms with Gasteiger partial charge in [0.15, 0.2) is 0 Å². The number of hydrogen-bond acceptors (Lipinski definition) is 2. The second-order valence-electron chi connectivity index (χ2n) is 7.11. The van der Waals surface area contributed by atoms with Crippen molar-refractivity contribution in [3.63, 3.8) is 0 Å². The van der Waals surface area contributed by atoms with E-state index in [2.05, 4.69) is 13.0 Å². The smallest absolute Gasteiger partial charge is 0.0768 e. The van der Waals surface area contributed by atoms with Gasteiger partial charge in [-0.2, -0.15) is 0 Å². The van der Waals surface area contributed by atoms with E-state index in [0.717, 1.165) is 6.42 Å². The summed E-state index contributed by atoms with van der Waals surface area (Å²) >= 11 is 0. The lowest BCUT2D eigenvalue weighted by Crippen LogP contribution is -2.17. The molecule has 2 N–H and O–H groups in total. The molecule has 0 bridgehead atoms. The van der Waals surface area contributed by atoms with Crippen LogP contribution in [-0.4, -0.2) is 22.9 Å². The zero-order valence-electron chi connectivity index (χ0n) is 15.8. The van der Waals surface area contributed by atoms with E-state index in [9.17, 15) is 5.11 Å². The molecule has 0 saturated carbocycles. The average Bonchev–Trinajstić information content (AvgIpc) is 2.57. The second kappa shape index (κ2) is 18.0. The van der Waals surface area contributed by atoms with Crippen molar-refractivity contribution in [1.82, 2.24) is 0 Å². The van der Waals surface area contributed by atoms with E-state index >= 15 is 0 Å². The van der Waals surface area contributed by atoms with Gasteiger partial charge in [-0.05, 0) is 12.8 Å². The number of hydrogen-bond donors (Lipinski definition) is 2. The molecule has 0 radical (unpaired) electrons. The third-order valence-electron chi connectivity index (χ3n) is 4.68. The first-order valence-electron chi connectivity index (χ1n) is 10.2. The van der Waals surface area contributed by atoms with Crippen molar-refractivity contribution in [3.05, 3.63) is 12.2 Å². The summed E-state index contributed by atoms with van der Waals surface area (Å²) < 4.78 is 0. The highest BCUT2D eigenvalue weighted by atomic mass is 16.3. The summed E-state index contributed by atoms with van der Waals surface area (Å²) in [5, 5.41) is 18.6. The molecule has 0 heterocycles. The number of rotatable bonds is 17. The molecule has 0 rings (SSSR count). The Morgan fingerprint density at radius 3 is 1.61 bits per heavy atom. The van der Waals surface area contributed by atoms with Crippen LogP contribution in [0.3, 0.4) is 0 Å². The first-order valence-corrected chi connectivity index (χ1v) is 10.2. The van der Waals surface area contributed by atoms with Gasteiger partial charge in [-0.1, -0.05) is 103 Å². The molecule has 138 valence electrons. The molecule has 0 aliphatic carbocycles. The molecule has 0 amide bonds. The summed E-state index contributed by atoms with van der Waals surface area (Å²) in [5.74, 6) is -0.0575. The van der Waals surface area contributed by atoms with Gasteiger partial charge in [0.2, 0.25) is 0 Å². The minimum Gasteiger partial charge on any atom is -0.396 e. The molecule has 0 aliphatic rings. The van der Waals surface area contributed by atoms with Crippen LogP contribution >= 0.6 is 0 Å². The third-order valence-corrected chi connectivity index (χ3v) is 4.68. The van der Waals surface area contributed by atoms with E-state index in [1.165, 1.54) is 83.5 Å². The summed E-state index contributed by atoms with van der Waals surface area (Å²) in [6.45, 7) is 4.18. The van der Waals surface area contributed by atoms with Crippen LogP contribution in [0.2, 0.25) is 0 Å². The van der Waals surface area contributed by atoms with Crippen molar-refractivity contribution in [2.45, 2.75) is 110 Å². The average molecular weight is 327 g/mol. The maximum absolute atomic E-state index is 9.67. The molecule has 0 aromatic rings. The van der Waals surface area contributed by atoms with Crippen molar-refractivity contribution in [2.75, 3.05) is 6.61 Å². The fraction of sp³-hybridized carbons (Fsp3) is 0.905. The molecule has 0 unspecified atom stereocenters. The topological polar surface area (TPSA) is 40.5 Å². The summed E-state index contributed by atoms with van der Waals surface area (Å²) in [7, 11) is 0. The van der Waals surface area contributed by atoms with Gasteiger partial charge in [-0.3, -0.25) is 0 Å². The Labute approximate surface area is 145 Å². The van der Waals surface area contributed by atoms with Crippen LogP contribution in [0.25, 0.3) is 0 Å². The summed E-state index contributed by atoms with van der Waals surface area (Å²) in [4.78, 5) is 0. The Kier molecular flexibility index (Phi) is 17.7. The predicted octanol–water partition coefficient (Wildman–Crippen LogP) is 6.01. The standard InChI is InChI=1S/C21H42O2/c1-3-4-5-6-7-8-9-10-11-12-13-14-15-16-17-18-21(23)20(2)19-22/h17-18,20-23H,3-16,19H2,1-2H3/b18-17+/t20-,21+/m1/s1. The Morgan fingerprint density at radius 2 is 1.17 bits per heavy atom. The molecule has 2 atom stereocenters. The minimum atomic E-state index is -0.498. The lowest BCUT2D eigenvalue weighted by atomic mass is 10.0. The van der Waals surface area contributed by atoms with Crippen LogP contribution in [0.1, 0.15) is 104 Å². The number of aliphatic hydroxyl groups excluding tert-OH is 2. The lowest BCUT2D eigenvalue weighted by Gasteiger charge is -2.11. The van der Waals surface area contributed by atoms with Gasteiger partial charge in [0.05, 0.1) is 6.10 Å². The number of allylic oxidation sites excluding steroid dienone is 1. The van der Waals surface area contributed by atoms with E-state index < -0.39 is 6.10 Å². The van der Waals surface area contributed by atoms with Gasteiger partial charge >= 0.3 is 0 Å². The predicted molar refractivity (Wildman–Crippen MR) is 102 cm³/mol. The Bertz CT molecular complexity index is 250. The van der Waals surface area contributed by atoms with Gasteiger partial charge in [0.25, 0.3) is 0 Å². The largest absolute Gasteiger partial charge is 0.396 e. The number of aliphatic hydroxyl groups is 2. The lowest BCUT2D eigenvalue weighted by molar-refractivity contribution is 0.111. The van der Waals surface area contributed by atoms with Crippen molar-refractivity contribution in [2.24, 2.45) is 5.92 Å². The highest BCUT2D eigenvalue weighted by Crippen LogP contribution is 2.13. The second-order valence-corrected chi connectivity index (χ2v) is 7.11. The highest BCUT2D eigenvalue weighted by molar-refractivity contribution is 4.90. The molecule has 0 aliphatic heterocycles. The van der Waals surface area contributed by atoms with Crippen molar-refractivity contribution < 1.29 is 10.2 Å². The van der Waals surface area contributed by atoms with E-state index in [1.54, 1.807) is 0 Å². The molecule has 2 heteroatoms. The fourth-order valence-electron chi connectivity index (χ4n) is 2.81. The first-order chi connectivity index (χ1) is 11.2. The molecule has 0 spiro atoms. The molecule has 0 aromatic carbocycles. The monoisotopic (exact) mass is 326 g/mol. The van der Waals surface area contributed by atoms with Crippen LogP contribution in [0.5, 0.6) is 0 Å². The maximum Gasteiger partial charge on any atom is 0.0768 e. The fourth-order valence-corrected chi connectivity index (χ4v) is 2.81. The normalized spacial score (nSPS) is 14.4. The van der Waals surface area contributed by atoms with Crippen molar-refractivity contribution in [1.29, 1.82) is 0 Å². The molecule has 0 fully saturated rings. The highest BCUT2D eigenvalue weighted by Gasteiger charge is 2.08. The molecule has 0 aromatic heterocycles. The van der Waals surface area contributed by atoms with Gasteiger partial charge in [-0.25, -0.2) is 0 Å². The van der Waals surface area contributed by atoms with Crippen LogP contribution in [0.4, 0.5) is 0 Å². The molecular weight excluding hydrogens is 284 g/mol. The SMILES string of the molecule is CCCCCCCCCCCCCCC/C=C/[C@H](O)[C@H](C)CO. The van der Waals surface area contributed by atoms with Gasteiger partial charge < -0.3 is 10.2 Å². The van der Waals surface area contributed by atoms with Gasteiger partial charge in [0.1, 0.15) is 0 Å². The quantitative estimate of drug-likeness (QED) is 0.254. The zero-order chi connectivity index (χ0) is 17.2. The Hall–Kier alpha value is -0.340. The third kappa shape index (κ3) is 16.3. The molecular formula is C21H42O2. The molecule has 23 heavy (non-hydrogen) atoms. The van der Waals surface area contributed by atoms with Crippen LogP contribution in [0.15, 0.2) is 12.2 Å².